The van der Waals surface area contributed by atoms with Gasteiger partial charge in [0, 0.05) is 67.2 Å². The molecule has 4 aromatic rings. The van der Waals surface area contributed by atoms with Crippen molar-refractivity contribution in [3.63, 3.8) is 0 Å². The standard InChI is InChI=1S/C25H25N9O/c1-13-17(9-29-24-14(2)33(3)11-19(13)24)20-6-15-7-21(28-10-18(15)25(26)30-20)31-22-8-16-4-5-27-23(35)12-34(16)32-22/h6-10H,2,4-5,11-12H2,1,3H3,(H2,26,30)(H,27,35)(H,28,31,32). The average Bonchev–Trinajstić information content (AvgIpc) is 3.27. The number of anilines is 3. The van der Waals surface area contributed by atoms with Crippen LogP contribution in [0.5, 0.6) is 0 Å². The quantitative estimate of drug-likeness (QED) is 0.420. The number of amides is 1. The molecule has 10 heteroatoms. The van der Waals surface area contributed by atoms with Crippen LogP contribution in [-0.2, 0) is 24.3 Å². The van der Waals surface area contributed by atoms with E-state index >= 15 is 0 Å². The molecule has 4 N–H and O–H groups in total. The van der Waals surface area contributed by atoms with Gasteiger partial charge < -0.3 is 21.3 Å². The number of carbonyl (C=O) groups is 1. The summed E-state index contributed by atoms with van der Waals surface area (Å²) in [6.45, 7) is 7.82. The molecule has 1 amide bonds. The molecule has 0 saturated heterocycles. The Morgan fingerprint density at radius 3 is 2.86 bits per heavy atom. The summed E-state index contributed by atoms with van der Waals surface area (Å²) in [6, 6.07) is 5.89. The minimum atomic E-state index is -0.0370. The smallest absolute Gasteiger partial charge is 0.241 e. The molecule has 0 spiro atoms. The van der Waals surface area contributed by atoms with Crippen LogP contribution < -0.4 is 16.4 Å². The van der Waals surface area contributed by atoms with Crippen LogP contribution >= 0.6 is 0 Å². The number of pyridine rings is 3. The lowest BCUT2D eigenvalue weighted by Crippen LogP contribution is -2.25. The summed E-state index contributed by atoms with van der Waals surface area (Å²) in [5.74, 6) is 1.66. The molecule has 6 rings (SSSR count). The predicted octanol–water partition coefficient (Wildman–Crippen LogP) is 2.61. The van der Waals surface area contributed by atoms with Gasteiger partial charge in [0.15, 0.2) is 5.82 Å². The molecule has 0 atom stereocenters. The second kappa shape index (κ2) is 7.79. The van der Waals surface area contributed by atoms with Crippen LogP contribution in [0.1, 0.15) is 22.5 Å². The summed E-state index contributed by atoms with van der Waals surface area (Å²) >= 11 is 0. The van der Waals surface area contributed by atoms with E-state index in [9.17, 15) is 4.79 Å². The number of nitrogens with zero attached hydrogens (tertiary/aromatic N) is 6. The highest BCUT2D eigenvalue weighted by Gasteiger charge is 2.24. The summed E-state index contributed by atoms with van der Waals surface area (Å²) in [6.07, 6.45) is 4.29. The number of nitrogens with two attached hydrogens (primary N) is 1. The average molecular weight is 468 g/mol. The van der Waals surface area contributed by atoms with Crippen molar-refractivity contribution in [2.24, 2.45) is 0 Å². The summed E-state index contributed by atoms with van der Waals surface area (Å²) in [5.41, 5.74) is 13.2. The van der Waals surface area contributed by atoms with Gasteiger partial charge in [-0.25, -0.2) is 9.97 Å². The van der Waals surface area contributed by atoms with Gasteiger partial charge in [-0.1, -0.05) is 6.58 Å². The van der Waals surface area contributed by atoms with E-state index in [4.69, 9.17) is 5.73 Å². The van der Waals surface area contributed by atoms with Gasteiger partial charge >= 0.3 is 0 Å². The number of hydrogen-bond donors (Lipinski definition) is 3. The third-order valence-electron chi connectivity index (χ3n) is 6.73. The van der Waals surface area contributed by atoms with Gasteiger partial charge in [0.1, 0.15) is 18.2 Å². The number of fused-ring (bicyclic) bond motifs is 3. The van der Waals surface area contributed by atoms with Crippen molar-refractivity contribution < 1.29 is 4.79 Å². The van der Waals surface area contributed by atoms with Crippen LogP contribution in [0.2, 0.25) is 0 Å². The van der Waals surface area contributed by atoms with E-state index in [1.54, 1.807) is 10.9 Å². The zero-order valence-corrected chi connectivity index (χ0v) is 19.6. The minimum absolute atomic E-state index is 0.0370. The molecular formula is C25H25N9O. The lowest BCUT2D eigenvalue weighted by molar-refractivity contribution is -0.121. The van der Waals surface area contributed by atoms with Gasteiger partial charge in [-0.15, -0.1) is 0 Å². The fraction of sp³-hybridized carbons (Fsp3) is 0.240. The van der Waals surface area contributed by atoms with Gasteiger partial charge in [0.25, 0.3) is 0 Å². The molecule has 2 aliphatic heterocycles. The van der Waals surface area contributed by atoms with Crippen molar-refractivity contribution in [1.29, 1.82) is 0 Å². The Bertz CT molecular complexity index is 1540. The minimum Gasteiger partial charge on any atom is -0.383 e. The Morgan fingerprint density at radius 1 is 1.14 bits per heavy atom. The fourth-order valence-corrected chi connectivity index (χ4v) is 4.75. The highest BCUT2D eigenvalue weighted by atomic mass is 16.2. The molecule has 0 bridgehead atoms. The van der Waals surface area contributed by atoms with Crippen molar-refractivity contribution in [3.05, 3.63) is 59.7 Å². The van der Waals surface area contributed by atoms with Crippen molar-refractivity contribution in [1.82, 2.24) is 34.9 Å². The fourth-order valence-electron chi connectivity index (χ4n) is 4.75. The van der Waals surface area contributed by atoms with E-state index in [1.165, 1.54) is 5.56 Å². The number of nitrogens with one attached hydrogen (secondary N) is 2. The van der Waals surface area contributed by atoms with Gasteiger partial charge in [0.2, 0.25) is 5.91 Å². The van der Waals surface area contributed by atoms with Crippen LogP contribution in [0, 0.1) is 6.92 Å². The van der Waals surface area contributed by atoms with Crippen LogP contribution in [0.25, 0.3) is 27.7 Å². The Hall–Kier alpha value is -4.47. The number of aromatic nitrogens is 5. The lowest BCUT2D eigenvalue weighted by atomic mass is 10.00. The topological polar surface area (TPSA) is 127 Å². The number of nitrogen functional groups attached to an aromatic ring is 1. The van der Waals surface area contributed by atoms with Crippen LogP contribution in [-0.4, -0.2) is 49.1 Å². The summed E-state index contributed by atoms with van der Waals surface area (Å²) < 4.78 is 1.72. The third-order valence-corrected chi connectivity index (χ3v) is 6.73. The SMILES string of the molecule is C=C1c2ncc(-c3cc4cc(Nc5cc6n(n5)CC(=O)NCC6)ncc4c(N)n3)c(C)c2CN1C. The Labute approximate surface area is 201 Å². The molecule has 176 valence electrons. The molecule has 0 aliphatic carbocycles. The van der Waals surface area contributed by atoms with Gasteiger partial charge in [-0.3, -0.25) is 14.5 Å². The van der Waals surface area contributed by atoms with E-state index in [2.05, 4.69) is 49.1 Å². The van der Waals surface area contributed by atoms with E-state index < -0.39 is 0 Å². The number of carbonyl (C=O) groups excluding carboxylic acids is 1. The highest BCUT2D eigenvalue weighted by Crippen LogP contribution is 2.36. The second-order valence-corrected chi connectivity index (χ2v) is 9.01. The molecule has 10 nitrogen and oxygen atoms in total. The first-order valence-corrected chi connectivity index (χ1v) is 11.4. The molecule has 0 unspecified atom stereocenters. The molecule has 0 radical (unpaired) electrons. The summed E-state index contributed by atoms with van der Waals surface area (Å²) in [5, 5.41) is 12.3. The molecule has 2 aliphatic rings. The highest BCUT2D eigenvalue weighted by molar-refractivity contribution is 5.95. The first-order valence-electron chi connectivity index (χ1n) is 11.4. The van der Waals surface area contributed by atoms with E-state index in [-0.39, 0.29) is 12.5 Å². The first kappa shape index (κ1) is 21.1. The summed E-state index contributed by atoms with van der Waals surface area (Å²) in [4.78, 5) is 27.8. The first-order chi connectivity index (χ1) is 16.9. The van der Waals surface area contributed by atoms with Gasteiger partial charge in [-0.05, 0) is 30.0 Å². The van der Waals surface area contributed by atoms with E-state index in [1.807, 2.05) is 31.4 Å². The monoisotopic (exact) mass is 467 g/mol. The maximum Gasteiger partial charge on any atom is 0.241 e. The molecule has 35 heavy (non-hydrogen) atoms. The second-order valence-electron chi connectivity index (χ2n) is 9.01. The Balaban J connectivity index is 1.36. The molecule has 0 fully saturated rings. The number of hydrogen-bond acceptors (Lipinski definition) is 8. The molecule has 6 heterocycles. The van der Waals surface area contributed by atoms with Gasteiger partial charge in [-0.2, -0.15) is 5.10 Å². The maximum atomic E-state index is 11.8. The molecule has 4 aromatic heterocycles. The van der Waals surface area contributed by atoms with Crippen molar-refractivity contribution in [2.45, 2.75) is 26.4 Å². The Kier molecular flexibility index (Phi) is 4.70. The lowest BCUT2D eigenvalue weighted by Gasteiger charge is -2.12. The third kappa shape index (κ3) is 3.54. The zero-order valence-electron chi connectivity index (χ0n) is 19.6. The molecule has 0 aromatic carbocycles. The number of rotatable bonds is 3. The molecule has 0 saturated carbocycles. The normalized spacial score (nSPS) is 15.1. The van der Waals surface area contributed by atoms with Gasteiger partial charge in [0.05, 0.1) is 17.1 Å². The van der Waals surface area contributed by atoms with Crippen LogP contribution in [0.4, 0.5) is 17.5 Å². The van der Waals surface area contributed by atoms with Crippen LogP contribution in [0.15, 0.2) is 37.2 Å². The predicted molar refractivity (Wildman–Crippen MR) is 135 cm³/mol. The van der Waals surface area contributed by atoms with E-state index in [0.717, 1.165) is 57.6 Å². The zero-order chi connectivity index (χ0) is 24.3. The molecular weight excluding hydrogens is 442 g/mol. The van der Waals surface area contributed by atoms with Crippen molar-refractivity contribution in [3.8, 4) is 11.3 Å². The Morgan fingerprint density at radius 2 is 2.00 bits per heavy atom. The maximum absolute atomic E-state index is 11.8. The largest absolute Gasteiger partial charge is 0.383 e. The van der Waals surface area contributed by atoms with Crippen LogP contribution in [0.3, 0.4) is 0 Å². The van der Waals surface area contributed by atoms with Crippen molar-refractivity contribution in [2.75, 3.05) is 24.6 Å². The summed E-state index contributed by atoms with van der Waals surface area (Å²) in [7, 11) is 2.02. The van der Waals surface area contributed by atoms with Crippen molar-refractivity contribution >= 4 is 39.8 Å². The van der Waals surface area contributed by atoms with E-state index in [0.29, 0.717) is 24.0 Å².